The van der Waals surface area contributed by atoms with Gasteiger partial charge in [-0.2, -0.15) is 5.26 Å². The van der Waals surface area contributed by atoms with Gasteiger partial charge < -0.3 is 10.5 Å². The van der Waals surface area contributed by atoms with Crippen LogP contribution < -0.4 is 10.5 Å². The molecule has 3 nitrogen and oxygen atoms in total. The van der Waals surface area contributed by atoms with Crippen molar-refractivity contribution >= 4 is 11.8 Å². The number of para-hydroxylation sites is 1. The average Bonchev–Trinajstić information content (AvgIpc) is 2.38. The van der Waals surface area contributed by atoms with Gasteiger partial charge in [0.25, 0.3) is 0 Å². The predicted octanol–water partition coefficient (Wildman–Crippen LogP) is 3.00. The summed E-state index contributed by atoms with van der Waals surface area (Å²) in [5.41, 5.74) is 7.90. The molecule has 2 N–H and O–H groups in total. The number of hydrogen-bond acceptors (Lipinski definition) is 4. The van der Waals surface area contributed by atoms with E-state index in [1.165, 1.54) is 0 Å². The molecule has 2 atom stereocenters. The van der Waals surface area contributed by atoms with Gasteiger partial charge in [0, 0.05) is 22.1 Å². The van der Waals surface area contributed by atoms with Crippen molar-refractivity contribution < 1.29 is 4.74 Å². The van der Waals surface area contributed by atoms with Crippen LogP contribution in [0.5, 0.6) is 5.75 Å². The number of ether oxygens (including phenoxy) is 1. The van der Waals surface area contributed by atoms with E-state index in [0.29, 0.717) is 17.2 Å². The van der Waals surface area contributed by atoms with Crippen molar-refractivity contribution in [2.75, 3.05) is 6.61 Å². The number of rotatable bonds is 0. The highest BCUT2D eigenvalue weighted by Crippen LogP contribution is 2.55. The minimum Gasteiger partial charge on any atom is -0.493 e. The fourth-order valence-corrected chi connectivity index (χ4v) is 4.22. The molecule has 0 aliphatic carbocycles. The first kappa shape index (κ1) is 12.4. The number of fused-ring (bicyclic) bond motifs is 3. The highest BCUT2D eigenvalue weighted by molar-refractivity contribution is 8.04. The fourth-order valence-electron chi connectivity index (χ4n) is 3.01. The van der Waals surface area contributed by atoms with Crippen LogP contribution in [0.25, 0.3) is 0 Å². The summed E-state index contributed by atoms with van der Waals surface area (Å²) in [4.78, 5) is 0. The molecule has 2 heterocycles. The summed E-state index contributed by atoms with van der Waals surface area (Å²) < 4.78 is 5.85. The summed E-state index contributed by atoms with van der Waals surface area (Å²) in [7, 11) is 0. The largest absolute Gasteiger partial charge is 0.493 e. The van der Waals surface area contributed by atoms with Crippen LogP contribution in [0.4, 0.5) is 0 Å². The van der Waals surface area contributed by atoms with Gasteiger partial charge in [-0.1, -0.05) is 18.2 Å². The van der Waals surface area contributed by atoms with E-state index >= 15 is 0 Å². The zero-order valence-electron chi connectivity index (χ0n) is 11.0. The molecule has 0 radical (unpaired) electrons. The minimum atomic E-state index is -0.0252. The first-order chi connectivity index (χ1) is 9.04. The Labute approximate surface area is 117 Å². The zero-order valence-corrected chi connectivity index (χ0v) is 11.8. The van der Waals surface area contributed by atoms with Gasteiger partial charge >= 0.3 is 0 Å². The molecular formula is C15H16N2OS. The van der Waals surface area contributed by atoms with Crippen molar-refractivity contribution in [2.24, 2.45) is 11.7 Å². The van der Waals surface area contributed by atoms with Crippen molar-refractivity contribution in [1.82, 2.24) is 0 Å². The second kappa shape index (κ2) is 4.21. The van der Waals surface area contributed by atoms with Gasteiger partial charge in [-0.25, -0.2) is 0 Å². The lowest BCUT2D eigenvalue weighted by Gasteiger charge is -2.45. The molecule has 0 saturated carbocycles. The molecule has 19 heavy (non-hydrogen) atoms. The van der Waals surface area contributed by atoms with E-state index in [1.807, 2.05) is 24.3 Å². The number of nitrogens with zero attached hydrogens (tertiary/aromatic N) is 1. The van der Waals surface area contributed by atoms with E-state index in [1.54, 1.807) is 11.8 Å². The highest BCUT2D eigenvalue weighted by atomic mass is 32.2. The van der Waals surface area contributed by atoms with Crippen LogP contribution in [-0.4, -0.2) is 11.4 Å². The zero-order chi connectivity index (χ0) is 13.6. The summed E-state index contributed by atoms with van der Waals surface area (Å²) in [6, 6.07) is 10.3. The monoisotopic (exact) mass is 272 g/mol. The summed E-state index contributed by atoms with van der Waals surface area (Å²) in [6.07, 6.45) is 0. The van der Waals surface area contributed by atoms with Gasteiger partial charge in [-0.3, -0.25) is 0 Å². The Morgan fingerprint density at radius 1 is 1.42 bits per heavy atom. The fraction of sp³-hybridized carbons (Fsp3) is 0.400. The van der Waals surface area contributed by atoms with E-state index in [-0.39, 0.29) is 16.6 Å². The summed E-state index contributed by atoms with van der Waals surface area (Å²) in [5, 5.41) is 10.1. The van der Waals surface area contributed by atoms with Crippen molar-refractivity contribution in [3.63, 3.8) is 0 Å². The Morgan fingerprint density at radius 2 is 2.16 bits per heavy atom. The second-order valence-corrected chi connectivity index (χ2v) is 7.22. The van der Waals surface area contributed by atoms with E-state index in [4.69, 9.17) is 10.5 Å². The summed E-state index contributed by atoms with van der Waals surface area (Å²) >= 11 is 1.59. The minimum absolute atomic E-state index is 0.0252. The van der Waals surface area contributed by atoms with E-state index in [9.17, 15) is 5.26 Å². The molecule has 0 bridgehead atoms. The van der Waals surface area contributed by atoms with Crippen LogP contribution in [0.15, 0.2) is 34.9 Å². The number of benzene rings is 1. The van der Waals surface area contributed by atoms with Crippen LogP contribution in [0, 0.1) is 17.2 Å². The topological polar surface area (TPSA) is 59.0 Å². The third-order valence-corrected chi connectivity index (χ3v) is 5.31. The van der Waals surface area contributed by atoms with Gasteiger partial charge in [0.1, 0.15) is 5.75 Å². The van der Waals surface area contributed by atoms with Gasteiger partial charge in [-0.05, 0) is 19.9 Å². The van der Waals surface area contributed by atoms with Gasteiger partial charge in [0.15, 0.2) is 0 Å². The maximum Gasteiger partial charge on any atom is 0.123 e. The Hall–Kier alpha value is -1.60. The Bertz CT molecular complexity index is 600. The van der Waals surface area contributed by atoms with Gasteiger partial charge in [-0.15, -0.1) is 11.8 Å². The molecule has 1 aromatic rings. The van der Waals surface area contributed by atoms with Crippen LogP contribution in [0.2, 0.25) is 0 Å². The van der Waals surface area contributed by atoms with Crippen molar-refractivity contribution in [1.29, 1.82) is 5.26 Å². The van der Waals surface area contributed by atoms with Gasteiger partial charge in [0.2, 0.25) is 0 Å². The third kappa shape index (κ3) is 1.81. The van der Waals surface area contributed by atoms with E-state index in [0.717, 1.165) is 11.3 Å². The molecule has 2 aliphatic heterocycles. The molecular weight excluding hydrogens is 256 g/mol. The third-order valence-electron chi connectivity index (χ3n) is 4.04. The molecule has 0 spiro atoms. The lowest BCUT2D eigenvalue weighted by atomic mass is 9.73. The first-order valence-corrected chi connectivity index (χ1v) is 7.16. The summed E-state index contributed by atoms with van der Waals surface area (Å²) in [6.45, 7) is 4.99. The van der Waals surface area contributed by atoms with Gasteiger partial charge in [0.05, 0.1) is 23.3 Å². The molecule has 0 aromatic heterocycles. The van der Waals surface area contributed by atoms with Crippen LogP contribution in [-0.2, 0) is 0 Å². The highest BCUT2D eigenvalue weighted by Gasteiger charge is 2.47. The Balaban J connectivity index is 2.21. The average molecular weight is 272 g/mol. The number of nitriles is 1. The SMILES string of the molecule is CC1(C)SC(N)=C(C#N)C2c3ccccc3OCC21. The number of thioether (sulfide) groups is 1. The maximum atomic E-state index is 9.45. The molecule has 2 aliphatic rings. The van der Waals surface area contributed by atoms with E-state index < -0.39 is 0 Å². The second-order valence-electron chi connectivity index (χ2n) is 5.53. The lowest BCUT2D eigenvalue weighted by molar-refractivity contribution is 0.179. The van der Waals surface area contributed by atoms with Crippen LogP contribution in [0.1, 0.15) is 25.3 Å². The lowest BCUT2D eigenvalue weighted by Crippen LogP contribution is -2.43. The standard InChI is InChI=1S/C15H16N2OS/c1-15(2)11-8-18-12-6-4-3-5-9(12)13(11)10(7-16)14(17)19-15/h3-6,11,13H,8,17H2,1-2H3. The normalized spacial score (nSPS) is 27.8. The quantitative estimate of drug-likeness (QED) is 0.788. The van der Waals surface area contributed by atoms with Crippen LogP contribution >= 0.6 is 11.8 Å². The smallest absolute Gasteiger partial charge is 0.123 e. The van der Waals surface area contributed by atoms with Crippen molar-refractivity contribution in [3.05, 3.63) is 40.4 Å². The predicted molar refractivity (Wildman–Crippen MR) is 76.7 cm³/mol. The molecule has 98 valence electrons. The van der Waals surface area contributed by atoms with Crippen molar-refractivity contribution in [2.45, 2.75) is 24.5 Å². The molecule has 4 heteroatoms. The van der Waals surface area contributed by atoms with E-state index in [2.05, 4.69) is 19.9 Å². The first-order valence-electron chi connectivity index (χ1n) is 6.35. The number of allylic oxidation sites excluding steroid dienone is 1. The molecule has 3 rings (SSSR count). The molecule has 0 saturated heterocycles. The molecule has 0 fully saturated rings. The molecule has 1 aromatic carbocycles. The maximum absolute atomic E-state index is 9.45. The van der Waals surface area contributed by atoms with Crippen LogP contribution in [0.3, 0.4) is 0 Å². The summed E-state index contributed by atoms with van der Waals surface area (Å²) in [5.74, 6) is 1.22. The molecule has 0 amide bonds. The number of hydrogen-bond donors (Lipinski definition) is 1. The Kier molecular flexibility index (Phi) is 2.75. The molecule has 2 unspecified atom stereocenters. The van der Waals surface area contributed by atoms with Crippen molar-refractivity contribution in [3.8, 4) is 11.8 Å². The number of nitrogens with two attached hydrogens (primary N) is 1. The Morgan fingerprint density at radius 3 is 2.89 bits per heavy atom.